The Hall–Kier alpha value is -1.60. The summed E-state index contributed by atoms with van der Waals surface area (Å²) in [4.78, 5) is 14.5. The Bertz CT molecular complexity index is 668. The van der Waals surface area contributed by atoms with Gasteiger partial charge >= 0.3 is 0 Å². The molecule has 1 aromatic carbocycles. The summed E-state index contributed by atoms with van der Waals surface area (Å²) in [6.07, 6.45) is 6.83. The molecule has 1 N–H and O–H groups in total. The first-order valence-electron chi connectivity index (χ1n) is 9.50. The molecule has 2 rings (SSSR count). The van der Waals surface area contributed by atoms with E-state index in [9.17, 15) is 13.2 Å². The Morgan fingerprint density at radius 3 is 2.35 bits per heavy atom. The Labute approximate surface area is 157 Å². The minimum absolute atomic E-state index is 0.157. The van der Waals surface area contributed by atoms with Crippen molar-refractivity contribution in [1.82, 2.24) is 4.31 Å². The molecule has 0 atom stereocenters. The van der Waals surface area contributed by atoms with Crippen molar-refractivity contribution < 1.29 is 13.2 Å². The molecular weight excluding hydrogens is 350 g/mol. The molecule has 0 unspecified atom stereocenters. The molecule has 1 aromatic rings. The van der Waals surface area contributed by atoms with Crippen molar-refractivity contribution in [2.45, 2.75) is 45.4 Å². The predicted octanol–water partition coefficient (Wildman–Crippen LogP) is 3.07. The second kappa shape index (κ2) is 9.92. The number of piperidine rings is 1. The number of sulfonamides is 1. The second-order valence-electron chi connectivity index (χ2n) is 6.91. The minimum Gasteiger partial charge on any atom is -0.372 e. The molecule has 0 aliphatic carbocycles. The van der Waals surface area contributed by atoms with Gasteiger partial charge < -0.3 is 10.2 Å². The molecule has 146 valence electrons. The fourth-order valence-electron chi connectivity index (χ4n) is 3.14. The topological polar surface area (TPSA) is 69.7 Å². The molecule has 6 nitrogen and oxygen atoms in total. The van der Waals surface area contributed by atoms with Gasteiger partial charge in [-0.2, -0.15) is 0 Å². The number of benzene rings is 1. The molecule has 1 amide bonds. The molecule has 0 saturated carbocycles. The van der Waals surface area contributed by atoms with Crippen LogP contribution in [0.1, 0.15) is 45.4 Å². The highest BCUT2D eigenvalue weighted by Gasteiger charge is 2.17. The van der Waals surface area contributed by atoms with Crippen LogP contribution in [0.4, 0.5) is 11.4 Å². The molecule has 1 heterocycles. The molecule has 0 aromatic heterocycles. The van der Waals surface area contributed by atoms with E-state index in [2.05, 4.69) is 10.2 Å². The van der Waals surface area contributed by atoms with Crippen LogP contribution in [-0.2, 0) is 14.8 Å². The highest BCUT2D eigenvalue weighted by molar-refractivity contribution is 7.88. The lowest BCUT2D eigenvalue weighted by molar-refractivity contribution is -0.116. The van der Waals surface area contributed by atoms with Crippen LogP contribution in [0.25, 0.3) is 0 Å². The number of hydrogen-bond donors (Lipinski definition) is 1. The number of rotatable bonds is 9. The normalized spacial score (nSPS) is 15.3. The third-order valence-corrected chi connectivity index (χ3v) is 5.99. The Morgan fingerprint density at radius 1 is 1.12 bits per heavy atom. The van der Waals surface area contributed by atoms with E-state index in [1.807, 2.05) is 31.2 Å². The molecule has 26 heavy (non-hydrogen) atoms. The van der Waals surface area contributed by atoms with Crippen LogP contribution in [0, 0.1) is 0 Å². The smallest absolute Gasteiger partial charge is 0.225 e. The van der Waals surface area contributed by atoms with Gasteiger partial charge in [0.15, 0.2) is 0 Å². The first kappa shape index (κ1) is 20.7. The van der Waals surface area contributed by atoms with E-state index in [0.717, 1.165) is 31.6 Å². The summed E-state index contributed by atoms with van der Waals surface area (Å²) in [6.45, 7) is 4.87. The second-order valence-corrected chi connectivity index (χ2v) is 8.89. The summed E-state index contributed by atoms with van der Waals surface area (Å²) in [5.74, 6) is -0.166. The van der Waals surface area contributed by atoms with Crippen molar-refractivity contribution in [3.63, 3.8) is 0 Å². The summed E-state index contributed by atoms with van der Waals surface area (Å²) in [5, 5.41) is 2.86. The van der Waals surface area contributed by atoms with E-state index in [1.165, 1.54) is 35.5 Å². The molecule has 1 aliphatic rings. The van der Waals surface area contributed by atoms with E-state index in [0.29, 0.717) is 6.54 Å². The Morgan fingerprint density at radius 2 is 1.77 bits per heavy atom. The van der Waals surface area contributed by atoms with Gasteiger partial charge in [0.1, 0.15) is 0 Å². The minimum atomic E-state index is -3.28. The third-order valence-electron chi connectivity index (χ3n) is 4.69. The molecule has 1 fully saturated rings. The number of anilines is 2. The first-order chi connectivity index (χ1) is 12.4. The van der Waals surface area contributed by atoms with E-state index >= 15 is 0 Å². The molecule has 1 aliphatic heterocycles. The zero-order valence-electron chi connectivity index (χ0n) is 15.9. The van der Waals surface area contributed by atoms with Crippen molar-refractivity contribution >= 4 is 27.3 Å². The fraction of sp³-hybridized carbons (Fsp3) is 0.632. The average molecular weight is 382 g/mol. The first-order valence-corrected chi connectivity index (χ1v) is 11.3. The van der Waals surface area contributed by atoms with E-state index in [1.54, 1.807) is 0 Å². The summed E-state index contributed by atoms with van der Waals surface area (Å²) < 4.78 is 25.0. The number of carbonyl (C=O) groups excluding carboxylic acids is 1. The van der Waals surface area contributed by atoms with E-state index < -0.39 is 10.0 Å². The van der Waals surface area contributed by atoms with Gasteiger partial charge in [0.05, 0.1) is 6.26 Å². The zero-order chi connectivity index (χ0) is 19.0. The number of nitrogens with one attached hydrogen (secondary N) is 1. The molecule has 7 heteroatoms. The lowest BCUT2D eigenvalue weighted by Crippen LogP contribution is -2.33. The quantitative estimate of drug-likeness (QED) is 0.714. The van der Waals surface area contributed by atoms with E-state index in [-0.39, 0.29) is 18.9 Å². The van der Waals surface area contributed by atoms with Crippen LogP contribution < -0.4 is 10.2 Å². The van der Waals surface area contributed by atoms with Crippen molar-refractivity contribution in [2.24, 2.45) is 0 Å². The van der Waals surface area contributed by atoms with Gasteiger partial charge in [0.2, 0.25) is 15.9 Å². The summed E-state index contributed by atoms with van der Waals surface area (Å²) >= 11 is 0. The summed E-state index contributed by atoms with van der Waals surface area (Å²) in [6, 6.07) is 7.89. The SMILES string of the molecule is CCCCN(CCC(=O)Nc1ccc(N2CCCCC2)cc1)S(C)(=O)=O. The van der Waals surface area contributed by atoms with Gasteiger partial charge in [0.25, 0.3) is 0 Å². The highest BCUT2D eigenvalue weighted by Crippen LogP contribution is 2.21. The van der Waals surface area contributed by atoms with Crippen LogP contribution in [-0.4, -0.2) is 51.1 Å². The predicted molar refractivity (Wildman–Crippen MR) is 107 cm³/mol. The van der Waals surface area contributed by atoms with Crippen LogP contribution in [0.15, 0.2) is 24.3 Å². The lowest BCUT2D eigenvalue weighted by Gasteiger charge is -2.28. The number of hydrogen-bond acceptors (Lipinski definition) is 4. The lowest BCUT2D eigenvalue weighted by atomic mass is 10.1. The van der Waals surface area contributed by atoms with E-state index in [4.69, 9.17) is 0 Å². The molecule has 1 saturated heterocycles. The van der Waals surface area contributed by atoms with Gasteiger partial charge in [-0.05, 0) is 49.9 Å². The Kier molecular flexibility index (Phi) is 7.90. The summed E-state index contributed by atoms with van der Waals surface area (Å²) in [5.41, 5.74) is 1.93. The van der Waals surface area contributed by atoms with Gasteiger partial charge in [-0.25, -0.2) is 12.7 Å². The number of nitrogens with zero attached hydrogens (tertiary/aromatic N) is 2. The number of carbonyl (C=O) groups is 1. The van der Waals surface area contributed by atoms with Crippen molar-refractivity contribution in [2.75, 3.05) is 42.7 Å². The maximum Gasteiger partial charge on any atom is 0.225 e. The Balaban J connectivity index is 1.84. The molecule has 0 spiro atoms. The van der Waals surface area contributed by atoms with Gasteiger partial charge in [0, 0.05) is 44.0 Å². The monoisotopic (exact) mass is 381 g/mol. The largest absolute Gasteiger partial charge is 0.372 e. The van der Waals surface area contributed by atoms with Gasteiger partial charge in [-0.15, -0.1) is 0 Å². The number of unbranched alkanes of at least 4 members (excludes halogenated alkanes) is 1. The van der Waals surface area contributed by atoms with Crippen LogP contribution >= 0.6 is 0 Å². The van der Waals surface area contributed by atoms with Crippen molar-refractivity contribution in [1.29, 1.82) is 0 Å². The molecule has 0 bridgehead atoms. The van der Waals surface area contributed by atoms with Crippen molar-refractivity contribution in [3.05, 3.63) is 24.3 Å². The number of amides is 1. The maximum absolute atomic E-state index is 12.2. The molecular formula is C19H31N3O3S. The van der Waals surface area contributed by atoms with Crippen molar-refractivity contribution in [3.8, 4) is 0 Å². The van der Waals surface area contributed by atoms with Gasteiger partial charge in [-0.1, -0.05) is 13.3 Å². The summed E-state index contributed by atoms with van der Waals surface area (Å²) in [7, 11) is -3.28. The van der Waals surface area contributed by atoms with Crippen LogP contribution in [0.5, 0.6) is 0 Å². The van der Waals surface area contributed by atoms with Crippen LogP contribution in [0.2, 0.25) is 0 Å². The maximum atomic E-state index is 12.2. The zero-order valence-corrected chi connectivity index (χ0v) is 16.7. The standard InChI is InChI=1S/C19H31N3O3S/c1-3-4-15-22(26(2,24)25)16-12-19(23)20-17-8-10-18(11-9-17)21-13-6-5-7-14-21/h8-11H,3-7,12-16H2,1-2H3,(H,20,23). The average Bonchev–Trinajstić information content (AvgIpc) is 2.62. The molecule has 0 radical (unpaired) electrons. The fourth-order valence-corrected chi connectivity index (χ4v) is 4.02. The van der Waals surface area contributed by atoms with Gasteiger partial charge in [-0.3, -0.25) is 4.79 Å². The highest BCUT2D eigenvalue weighted by atomic mass is 32.2. The van der Waals surface area contributed by atoms with Crippen LogP contribution in [0.3, 0.4) is 0 Å². The third kappa shape index (κ3) is 6.61.